The largest absolute Gasteiger partial charge is 0.317 e. The van der Waals surface area contributed by atoms with Crippen LogP contribution in [0, 0.1) is 0 Å². The van der Waals surface area contributed by atoms with Gasteiger partial charge in [0.05, 0.1) is 0 Å². The third kappa shape index (κ3) is 3.58. The topological polar surface area (TPSA) is 15.3 Å². The molecule has 14 heavy (non-hydrogen) atoms. The van der Waals surface area contributed by atoms with E-state index in [0.717, 1.165) is 12.1 Å². The summed E-state index contributed by atoms with van der Waals surface area (Å²) < 4.78 is 0. The lowest BCUT2D eigenvalue weighted by Crippen LogP contribution is -2.39. The Hall–Kier alpha value is -0.0800. The van der Waals surface area contributed by atoms with Gasteiger partial charge in [-0.2, -0.15) is 0 Å². The zero-order chi connectivity index (χ0) is 10.6. The number of hydrogen-bond acceptors (Lipinski definition) is 2. The molecule has 1 fully saturated rings. The highest BCUT2D eigenvalue weighted by molar-refractivity contribution is 4.88. The molecule has 0 amide bonds. The molecule has 0 radical (unpaired) electrons. The SMILES string of the molecule is CCCN(C(C)CC(C)NC)C1CC1. The van der Waals surface area contributed by atoms with Gasteiger partial charge >= 0.3 is 0 Å². The van der Waals surface area contributed by atoms with Crippen LogP contribution in [0.5, 0.6) is 0 Å². The summed E-state index contributed by atoms with van der Waals surface area (Å²) in [5.74, 6) is 0. The molecule has 0 aromatic heterocycles. The average molecular weight is 198 g/mol. The Morgan fingerprint density at radius 2 is 2.00 bits per heavy atom. The summed E-state index contributed by atoms with van der Waals surface area (Å²) in [4.78, 5) is 2.70. The third-order valence-electron chi connectivity index (χ3n) is 3.25. The van der Waals surface area contributed by atoms with Crippen molar-refractivity contribution in [3.63, 3.8) is 0 Å². The van der Waals surface area contributed by atoms with Gasteiger partial charge in [0, 0.05) is 18.1 Å². The highest BCUT2D eigenvalue weighted by Gasteiger charge is 2.31. The second-order valence-electron chi connectivity index (χ2n) is 4.74. The monoisotopic (exact) mass is 198 g/mol. The van der Waals surface area contributed by atoms with E-state index in [2.05, 4.69) is 38.0 Å². The maximum absolute atomic E-state index is 3.33. The van der Waals surface area contributed by atoms with Crippen LogP contribution in [-0.2, 0) is 0 Å². The molecular weight excluding hydrogens is 172 g/mol. The van der Waals surface area contributed by atoms with Crippen LogP contribution in [0.25, 0.3) is 0 Å². The summed E-state index contributed by atoms with van der Waals surface area (Å²) >= 11 is 0. The third-order valence-corrected chi connectivity index (χ3v) is 3.25. The van der Waals surface area contributed by atoms with E-state index in [9.17, 15) is 0 Å². The molecule has 0 spiro atoms. The second-order valence-corrected chi connectivity index (χ2v) is 4.74. The molecule has 0 saturated heterocycles. The average Bonchev–Trinajstić information content (AvgIpc) is 2.97. The smallest absolute Gasteiger partial charge is 0.00992 e. The molecule has 0 aliphatic heterocycles. The van der Waals surface area contributed by atoms with Crippen molar-refractivity contribution in [1.82, 2.24) is 10.2 Å². The van der Waals surface area contributed by atoms with Gasteiger partial charge < -0.3 is 5.32 Å². The summed E-state index contributed by atoms with van der Waals surface area (Å²) in [6.45, 7) is 8.21. The first-order valence-electron chi connectivity index (χ1n) is 6.12. The summed E-state index contributed by atoms with van der Waals surface area (Å²) in [7, 11) is 2.05. The highest BCUT2D eigenvalue weighted by atomic mass is 15.2. The maximum Gasteiger partial charge on any atom is 0.00992 e. The fraction of sp³-hybridized carbons (Fsp3) is 1.00. The van der Waals surface area contributed by atoms with Crippen molar-refractivity contribution >= 4 is 0 Å². The van der Waals surface area contributed by atoms with E-state index in [1.807, 2.05) is 0 Å². The Morgan fingerprint density at radius 3 is 2.43 bits per heavy atom. The Balaban J connectivity index is 2.33. The van der Waals surface area contributed by atoms with Gasteiger partial charge in [-0.1, -0.05) is 6.92 Å². The molecular formula is C12H26N2. The number of hydrogen-bond donors (Lipinski definition) is 1. The van der Waals surface area contributed by atoms with Crippen molar-refractivity contribution in [1.29, 1.82) is 0 Å². The van der Waals surface area contributed by atoms with E-state index >= 15 is 0 Å². The first-order valence-corrected chi connectivity index (χ1v) is 6.12. The molecule has 1 aliphatic carbocycles. The van der Waals surface area contributed by atoms with Gasteiger partial charge in [0.1, 0.15) is 0 Å². The highest BCUT2D eigenvalue weighted by Crippen LogP contribution is 2.29. The number of rotatable bonds is 7. The lowest BCUT2D eigenvalue weighted by Gasteiger charge is -2.30. The minimum atomic E-state index is 0.642. The van der Waals surface area contributed by atoms with Crippen molar-refractivity contribution in [2.75, 3.05) is 13.6 Å². The van der Waals surface area contributed by atoms with Crippen molar-refractivity contribution in [3.8, 4) is 0 Å². The van der Waals surface area contributed by atoms with E-state index < -0.39 is 0 Å². The normalized spacial score (nSPS) is 21.2. The van der Waals surface area contributed by atoms with Gasteiger partial charge in [-0.05, 0) is 53.1 Å². The Kier molecular flexibility index (Phi) is 4.90. The van der Waals surface area contributed by atoms with Crippen LogP contribution in [0.2, 0.25) is 0 Å². The van der Waals surface area contributed by atoms with Gasteiger partial charge in [-0.25, -0.2) is 0 Å². The van der Waals surface area contributed by atoms with E-state index in [4.69, 9.17) is 0 Å². The van der Waals surface area contributed by atoms with Crippen LogP contribution in [-0.4, -0.2) is 36.6 Å². The maximum atomic E-state index is 3.33. The molecule has 1 rings (SSSR count). The van der Waals surface area contributed by atoms with Crippen molar-refractivity contribution in [3.05, 3.63) is 0 Å². The molecule has 1 aliphatic rings. The van der Waals surface area contributed by atoms with Crippen molar-refractivity contribution < 1.29 is 0 Å². The van der Waals surface area contributed by atoms with Gasteiger partial charge in [-0.3, -0.25) is 4.90 Å². The first kappa shape index (κ1) is 12.0. The van der Waals surface area contributed by atoms with Crippen LogP contribution in [0.4, 0.5) is 0 Å². The van der Waals surface area contributed by atoms with Crippen LogP contribution in [0.1, 0.15) is 46.5 Å². The van der Waals surface area contributed by atoms with Crippen LogP contribution < -0.4 is 5.32 Å². The fourth-order valence-corrected chi connectivity index (χ4v) is 2.19. The standard InChI is InChI=1S/C12H26N2/c1-5-8-14(12-6-7-12)11(3)9-10(2)13-4/h10-13H,5-9H2,1-4H3. The summed E-state index contributed by atoms with van der Waals surface area (Å²) in [6, 6.07) is 2.29. The number of nitrogens with one attached hydrogen (secondary N) is 1. The quantitative estimate of drug-likeness (QED) is 0.675. The Labute approximate surface area is 89.1 Å². The zero-order valence-electron chi connectivity index (χ0n) is 10.2. The molecule has 0 heterocycles. The summed E-state index contributed by atoms with van der Waals surface area (Å²) in [5, 5.41) is 3.33. The molecule has 2 nitrogen and oxygen atoms in total. The lowest BCUT2D eigenvalue weighted by atomic mass is 10.1. The predicted octanol–water partition coefficient (Wildman–Crippen LogP) is 2.25. The Morgan fingerprint density at radius 1 is 1.36 bits per heavy atom. The zero-order valence-corrected chi connectivity index (χ0v) is 10.2. The number of nitrogens with zero attached hydrogens (tertiary/aromatic N) is 1. The molecule has 2 atom stereocenters. The molecule has 1 N–H and O–H groups in total. The summed E-state index contributed by atoms with van der Waals surface area (Å²) in [5.41, 5.74) is 0. The van der Waals surface area contributed by atoms with Gasteiger partial charge in [0.2, 0.25) is 0 Å². The van der Waals surface area contributed by atoms with E-state index in [0.29, 0.717) is 6.04 Å². The molecule has 0 aromatic rings. The predicted molar refractivity (Wildman–Crippen MR) is 62.6 cm³/mol. The molecule has 0 bridgehead atoms. The molecule has 0 aromatic carbocycles. The molecule has 1 saturated carbocycles. The Bertz CT molecular complexity index is 154. The molecule has 2 heteroatoms. The fourth-order valence-electron chi connectivity index (χ4n) is 2.19. The van der Waals surface area contributed by atoms with E-state index in [1.165, 1.54) is 32.2 Å². The van der Waals surface area contributed by atoms with Gasteiger partial charge in [-0.15, -0.1) is 0 Å². The summed E-state index contributed by atoms with van der Waals surface area (Å²) in [6.07, 6.45) is 5.42. The first-order chi connectivity index (χ1) is 6.69. The molecule has 2 unspecified atom stereocenters. The second kappa shape index (κ2) is 5.72. The van der Waals surface area contributed by atoms with E-state index in [1.54, 1.807) is 0 Å². The lowest BCUT2D eigenvalue weighted by molar-refractivity contribution is 0.180. The minimum absolute atomic E-state index is 0.642. The minimum Gasteiger partial charge on any atom is -0.317 e. The van der Waals surface area contributed by atoms with Crippen LogP contribution in [0.3, 0.4) is 0 Å². The van der Waals surface area contributed by atoms with Crippen LogP contribution in [0.15, 0.2) is 0 Å². The molecule has 84 valence electrons. The van der Waals surface area contributed by atoms with Crippen LogP contribution >= 0.6 is 0 Å². The van der Waals surface area contributed by atoms with Gasteiger partial charge in [0.25, 0.3) is 0 Å². The van der Waals surface area contributed by atoms with Crippen molar-refractivity contribution in [2.45, 2.75) is 64.6 Å². The van der Waals surface area contributed by atoms with Crippen molar-refractivity contribution in [2.24, 2.45) is 0 Å². The van der Waals surface area contributed by atoms with E-state index in [-0.39, 0.29) is 0 Å². The van der Waals surface area contributed by atoms with Gasteiger partial charge in [0.15, 0.2) is 0 Å².